The Morgan fingerprint density at radius 1 is 1.28 bits per heavy atom. The number of carbonyl (C=O) groups is 3. The summed E-state index contributed by atoms with van der Waals surface area (Å²) in [6.07, 6.45) is -0.0157. The number of rotatable bonds is 5. The van der Waals surface area contributed by atoms with Crippen molar-refractivity contribution in [2.24, 2.45) is 5.41 Å². The minimum Gasteiger partial charge on any atom is -0.469 e. The summed E-state index contributed by atoms with van der Waals surface area (Å²) in [5.74, 6) is -0.903. The largest absolute Gasteiger partial charge is 0.469 e. The van der Waals surface area contributed by atoms with Gasteiger partial charge in [-0.05, 0) is 31.5 Å². The summed E-state index contributed by atoms with van der Waals surface area (Å²) >= 11 is 12.1. The molecule has 0 radical (unpaired) electrons. The van der Waals surface area contributed by atoms with Gasteiger partial charge in [-0.15, -0.1) is 0 Å². The number of urea groups is 1. The first-order valence-electron chi connectivity index (χ1n) is 7.73. The summed E-state index contributed by atoms with van der Waals surface area (Å²) in [6.45, 7) is 3.41. The van der Waals surface area contributed by atoms with Gasteiger partial charge in [0.25, 0.3) is 0 Å². The minimum atomic E-state index is -1.01. The Kier molecular flexibility index (Phi) is 5.95. The lowest BCUT2D eigenvalue weighted by molar-refractivity contribution is -0.152. The van der Waals surface area contributed by atoms with E-state index in [-0.39, 0.29) is 19.5 Å². The van der Waals surface area contributed by atoms with E-state index in [1.54, 1.807) is 38.1 Å². The first-order chi connectivity index (χ1) is 11.7. The van der Waals surface area contributed by atoms with Crippen LogP contribution in [-0.2, 0) is 20.9 Å². The Hall–Kier alpha value is -1.79. The standard InChI is InChI=1S/C17H20Cl2N2O4/c1-17(2,15(23)25-3)10-21-14(22)8-13(19)20(16(21)24)9-11-4-6-12(18)7-5-11/h4-7,13H,8-10H2,1-3H3. The van der Waals surface area contributed by atoms with Crippen molar-refractivity contribution in [2.45, 2.75) is 32.3 Å². The molecular weight excluding hydrogens is 367 g/mol. The van der Waals surface area contributed by atoms with Crippen molar-refractivity contribution in [2.75, 3.05) is 13.7 Å². The lowest BCUT2D eigenvalue weighted by atomic mass is 9.92. The molecule has 0 aliphatic carbocycles. The smallest absolute Gasteiger partial charge is 0.328 e. The van der Waals surface area contributed by atoms with Gasteiger partial charge in [-0.3, -0.25) is 14.5 Å². The van der Waals surface area contributed by atoms with Crippen LogP contribution < -0.4 is 0 Å². The molecule has 0 bridgehead atoms. The van der Waals surface area contributed by atoms with Gasteiger partial charge in [0.2, 0.25) is 5.91 Å². The lowest BCUT2D eigenvalue weighted by Crippen LogP contribution is -2.57. The molecule has 6 nitrogen and oxygen atoms in total. The van der Waals surface area contributed by atoms with Crippen molar-refractivity contribution in [3.05, 3.63) is 34.9 Å². The average molecular weight is 387 g/mol. The first-order valence-corrected chi connectivity index (χ1v) is 8.55. The van der Waals surface area contributed by atoms with Crippen LogP contribution in [0.15, 0.2) is 24.3 Å². The van der Waals surface area contributed by atoms with E-state index >= 15 is 0 Å². The summed E-state index contributed by atoms with van der Waals surface area (Å²) in [4.78, 5) is 39.4. The second kappa shape index (κ2) is 7.62. The van der Waals surface area contributed by atoms with Crippen molar-refractivity contribution in [1.82, 2.24) is 9.80 Å². The average Bonchev–Trinajstić information content (AvgIpc) is 2.56. The van der Waals surface area contributed by atoms with Gasteiger partial charge >= 0.3 is 12.0 Å². The zero-order valence-electron chi connectivity index (χ0n) is 14.3. The fourth-order valence-electron chi connectivity index (χ4n) is 2.59. The second-order valence-corrected chi connectivity index (χ2v) is 7.47. The van der Waals surface area contributed by atoms with Crippen molar-refractivity contribution < 1.29 is 19.1 Å². The first kappa shape index (κ1) is 19.5. The molecule has 3 amide bonds. The van der Waals surface area contributed by atoms with Gasteiger partial charge in [-0.2, -0.15) is 0 Å². The maximum atomic E-state index is 12.8. The van der Waals surface area contributed by atoms with Gasteiger partial charge in [0.1, 0.15) is 5.50 Å². The van der Waals surface area contributed by atoms with E-state index in [0.717, 1.165) is 10.5 Å². The number of hydrogen-bond donors (Lipinski definition) is 0. The Morgan fingerprint density at radius 2 is 1.88 bits per heavy atom. The number of carbonyl (C=O) groups excluding carboxylic acids is 3. The van der Waals surface area contributed by atoms with Gasteiger partial charge in [-0.25, -0.2) is 4.79 Å². The third-order valence-electron chi connectivity index (χ3n) is 4.02. The van der Waals surface area contributed by atoms with Crippen LogP contribution in [0, 0.1) is 5.41 Å². The number of imide groups is 1. The summed E-state index contributed by atoms with van der Waals surface area (Å²) in [6, 6.07) is 6.50. The number of hydrogen-bond acceptors (Lipinski definition) is 4. The topological polar surface area (TPSA) is 66.9 Å². The van der Waals surface area contributed by atoms with Crippen LogP contribution in [0.2, 0.25) is 5.02 Å². The summed E-state index contributed by atoms with van der Waals surface area (Å²) in [5, 5.41) is 0.591. The lowest BCUT2D eigenvalue weighted by Gasteiger charge is -2.39. The molecule has 1 atom stereocenters. The number of halogens is 2. The van der Waals surface area contributed by atoms with Crippen molar-refractivity contribution in [1.29, 1.82) is 0 Å². The highest BCUT2D eigenvalue weighted by atomic mass is 35.5. The molecule has 0 spiro atoms. The highest BCUT2D eigenvalue weighted by Crippen LogP contribution is 2.27. The number of nitrogens with zero attached hydrogens (tertiary/aromatic N) is 2. The van der Waals surface area contributed by atoms with E-state index in [9.17, 15) is 14.4 Å². The van der Waals surface area contributed by atoms with Crippen molar-refractivity contribution in [3.8, 4) is 0 Å². The normalized spacial score (nSPS) is 18.5. The Bertz CT molecular complexity index is 676. The highest BCUT2D eigenvalue weighted by Gasteiger charge is 2.42. The van der Waals surface area contributed by atoms with Gasteiger partial charge < -0.3 is 9.64 Å². The maximum absolute atomic E-state index is 12.8. The molecule has 0 N–H and O–H groups in total. The van der Waals surface area contributed by atoms with Crippen LogP contribution in [0.3, 0.4) is 0 Å². The predicted molar refractivity (Wildman–Crippen MR) is 94.2 cm³/mol. The van der Waals surface area contributed by atoms with Crippen molar-refractivity contribution >= 4 is 41.1 Å². The van der Waals surface area contributed by atoms with E-state index < -0.39 is 28.8 Å². The molecule has 1 aliphatic rings. The van der Waals surface area contributed by atoms with Crippen LogP contribution >= 0.6 is 23.2 Å². The minimum absolute atomic E-state index is 0.0157. The van der Waals surface area contributed by atoms with Gasteiger partial charge in [-0.1, -0.05) is 35.3 Å². The molecule has 1 aromatic rings. The quantitative estimate of drug-likeness (QED) is 0.442. The maximum Gasteiger partial charge on any atom is 0.328 e. The van der Waals surface area contributed by atoms with Crippen LogP contribution in [0.1, 0.15) is 25.8 Å². The van der Waals surface area contributed by atoms with E-state index in [0.29, 0.717) is 5.02 Å². The SMILES string of the molecule is COC(=O)C(C)(C)CN1C(=O)CC(Cl)N(Cc2ccc(Cl)cc2)C1=O. The summed E-state index contributed by atoms with van der Waals surface area (Å²) < 4.78 is 4.74. The molecule has 1 aliphatic heterocycles. The van der Waals surface area contributed by atoms with E-state index in [1.807, 2.05) is 0 Å². The second-order valence-electron chi connectivity index (χ2n) is 6.53. The molecule has 0 saturated carbocycles. The molecule has 136 valence electrons. The molecule has 25 heavy (non-hydrogen) atoms. The third kappa shape index (κ3) is 4.44. The predicted octanol–water partition coefficient (Wildman–Crippen LogP) is 3.26. The molecular formula is C17H20Cl2N2O4. The van der Waals surface area contributed by atoms with Gasteiger partial charge in [0, 0.05) is 18.1 Å². The number of esters is 1. The van der Waals surface area contributed by atoms with E-state index in [4.69, 9.17) is 27.9 Å². The number of benzene rings is 1. The van der Waals surface area contributed by atoms with Gasteiger partial charge in [0.15, 0.2) is 0 Å². The monoisotopic (exact) mass is 386 g/mol. The molecule has 1 unspecified atom stereocenters. The van der Waals surface area contributed by atoms with Crippen LogP contribution in [0.25, 0.3) is 0 Å². The molecule has 1 saturated heterocycles. The summed E-state index contributed by atoms with van der Waals surface area (Å²) in [5.41, 5.74) is -0.913. The fourth-order valence-corrected chi connectivity index (χ4v) is 3.00. The molecule has 2 rings (SSSR count). The molecule has 1 fully saturated rings. The number of alkyl halides is 1. The fraction of sp³-hybridized carbons (Fsp3) is 0.471. The van der Waals surface area contributed by atoms with Crippen molar-refractivity contribution in [3.63, 3.8) is 0 Å². The van der Waals surface area contributed by atoms with Crippen LogP contribution in [-0.4, -0.2) is 46.9 Å². The van der Waals surface area contributed by atoms with E-state index in [1.165, 1.54) is 12.0 Å². The van der Waals surface area contributed by atoms with Gasteiger partial charge in [0.05, 0.1) is 18.9 Å². The number of methoxy groups -OCH3 is 1. The molecule has 8 heteroatoms. The third-order valence-corrected chi connectivity index (χ3v) is 4.66. The highest BCUT2D eigenvalue weighted by molar-refractivity contribution is 6.30. The molecule has 1 heterocycles. The zero-order valence-corrected chi connectivity index (χ0v) is 15.8. The van der Waals surface area contributed by atoms with E-state index in [2.05, 4.69) is 0 Å². The number of ether oxygens (including phenoxy) is 1. The van der Waals surface area contributed by atoms with Crippen LogP contribution in [0.4, 0.5) is 4.79 Å². The summed E-state index contributed by atoms with van der Waals surface area (Å²) in [7, 11) is 1.27. The molecule has 1 aromatic carbocycles. The molecule has 0 aromatic heterocycles. The Balaban J connectivity index is 2.19. The zero-order chi connectivity index (χ0) is 18.8. The van der Waals surface area contributed by atoms with Crippen LogP contribution in [0.5, 0.6) is 0 Å². The Morgan fingerprint density at radius 3 is 2.44 bits per heavy atom. The number of amides is 3. The Labute approximate surface area is 156 Å².